The van der Waals surface area contributed by atoms with Crippen LogP contribution in [0.1, 0.15) is 4.88 Å². The average molecular weight is 284 g/mol. The zero-order valence-electron chi connectivity index (χ0n) is 6.76. The number of hydrogen-bond acceptors (Lipinski definition) is 3. The smallest absolute Gasteiger partial charge is 0.214 e. The summed E-state index contributed by atoms with van der Waals surface area (Å²) in [6.45, 7) is 1.28. The van der Waals surface area contributed by atoms with Crippen molar-refractivity contribution in [3.63, 3.8) is 0 Å². The number of alkyl halides is 1. The fourth-order valence-corrected chi connectivity index (χ4v) is 3.21. The SMILES string of the molecule is Clc1ccc(C2(CBr)OCCO2)s1. The van der Waals surface area contributed by atoms with Crippen molar-refractivity contribution in [2.24, 2.45) is 0 Å². The van der Waals surface area contributed by atoms with Crippen molar-refractivity contribution in [1.29, 1.82) is 0 Å². The Labute approximate surface area is 93.9 Å². The van der Waals surface area contributed by atoms with Gasteiger partial charge in [-0.3, -0.25) is 0 Å². The van der Waals surface area contributed by atoms with Gasteiger partial charge in [0.25, 0.3) is 0 Å². The van der Waals surface area contributed by atoms with Crippen LogP contribution in [0.2, 0.25) is 4.34 Å². The number of ether oxygens (including phenoxy) is 2. The number of hydrogen-bond donors (Lipinski definition) is 0. The van der Waals surface area contributed by atoms with Crippen LogP contribution in [-0.4, -0.2) is 18.5 Å². The van der Waals surface area contributed by atoms with E-state index in [1.165, 1.54) is 11.3 Å². The Bertz CT molecular complexity index is 296. The summed E-state index contributed by atoms with van der Waals surface area (Å²) in [7, 11) is 0. The number of thiophene rings is 1. The highest BCUT2D eigenvalue weighted by atomic mass is 79.9. The first-order valence-electron chi connectivity index (χ1n) is 3.86. The van der Waals surface area contributed by atoms with Gasteiger partial charge in [-0.15, -0.1) is 11.3 Å². The lowest BCUT2D eigenvalue weighted by Gasteiger charge is -2.23. The van der Waals surface area contributed by atoms with Gasteiger partial charge in [-0.25, -0.2) is 0 Å². The molecule has 0 bridgehead atoms. The van der Waals surface area contributed by atoms with E-state index in [0.717, 1.165) is 9.21 Å². The lowest BCUT2D eigenvalue weighted by molar-refractivity contribution is -0.141. The third kappa shape index (κ3) is 1.78. The van der Waals surface area contributed by atoms with Crippen LogP contribution < -0.4 is 0 Å². The first-order valence-corrected chi connectivity index (χ1v) is 6.18. The third-order valence-corrected chi connectivity index (χ3v) is 3.97. The first kappa shape index (κ1) is 9.93. The molecule has 0 unspecified atom stereocenters. The molecular formula is C8H8BrClO2S. The molecule has 2 heterocycles. The van der Waals surface area contributed by atoms with Crippen molar-refractivity contribution in [1.82, 2.24) is 0 Å². The summed E-state index contributed by atoms with van der Waals surface area (Å²) in [5, 5.41) is 0.636. The molecular weight excluding hydrogens is 276 g/mol. The highest BCUT2D eigenvalue weighted by molar-refractivity contribution is 9.09. The van der Waals surface area contributed by atoms with Crippen LogP contribution in [-0.2, 0) is 15.3 Å². The standard InChI is InChI=1S/C8H8BrClO2S/c9-5-8(11-3-4-12-8)6-1-2-7(10)13-6/h1-2H,3-5H2. The van der Waals surface area contributed by atoms with E-state index in [1.807, 2.05) is 12.1 Å². The maximum atomic E-state index is 5.85. The highest BCUT2D eigenvalue weighted by Crippen LogP contribution is 2.38. The molecule has 1 saturated heterocycles. The molecule has 0 aliphatic carbocycles. The molecule has 0 aromatic carbocycles. The molecule has 1 fully saturated rings. The lowest BCUT2D eigenvalue weighted by Crippen LogP contribution is -2.27. The van der Waals surface area contributed by atoms with E-state index in [2.05, 4.69) is 15.9 Å². The predicted molar refractivity (Wildman–Crippen MR) is 56.7 cm³/mol. The van der Waals surface area contributed by atoms with Gasteiger partial charge in [0.05, 0.1) is 27.8 Å². The van der Waals surface area contributed by atoms with Gasteiger partial charge in [-0.1, -0.05) is 27.5 Å². The van der Waals surface area contributed by atoms with Gasteiger partial charge >= 0.3 is 0 Å². The summed E-state index contributed by atoms with van der Waals surface area (Å²) in [4.78, 5) is 1.02. The molecule has 1 aliphatic heterocycles. The molecule has 2 nitrogen and oxygen atoms in total. The van der Waals surface area contributed by atoms with Crippen LogP contribution in [0.15, 0.2) is 12.1 Å². The zero-order valence-corrected chi connectivity index (χ0v) is 9.92. The molecule has 0 radical (unpaired) electrons. The summed E-state index contributed by atoms with van der Waals surface area (Å²) < 4.78 is 11.9. The lowest BCUT2D eigenvalue weighted by atomic mass is 10.2. The molecule has 72 valence electrons. The third-order valence-electron chi connectivity index (χ3n) is 1.88. The minimum atomic E-state index is -0.599. The number of rotatable bonds is 2. The molecule has 0 N–H and O–H groups in total. The molecule has 1 aromatic heterocycles. The predicted octanol–water partition coefficient (Wildman–Crippen LogP) is 3.00. The molecule has 5 heteroatoms. The molecule has 0 saturated carbocycles. The summed E-state index contributed by atoms with van der Waals surface area (Å²) in [6.07, 6.45) is 0. The van der Waals surface area contributed by atoms with Crippen LogP contribution in [0.25, 0.3) is 0 Å². The highest BCUT2D eigenvalue weighted by Gasteiger charge is 2.38. The van der Waals surface area contributed by atoms with Crippen LogP contribution in [0.3, 0.4) is 0 Å². The Morgan fingerprint density at radius 2 is 2.15 bits per heavy atom. The second-order valence-corrected chi connectivity index (χ2v) is 4.96. The van der Waals surface area contributed by atoms with Crippen molar-refractivity contribution >= 4 is 38.9 Å². The van der Waals surface area contributed by atoms with Crippen LogP contribution >= 0.6 is 38.9 Å². The summed E-state index contributed by atoms with van der Waals surface area (Å²) in [5.41, 5.74) is 0. The quantitative estimate of drug-likeness (QED) is 0.777. The fraction of sp³-hybridized carbons (Fsp3) is 0.500. The normalized spacial score (nSPS) is 20.8. The first-order chi connectivity index (χ1) is 6.27. The van der Waals surface area contributed by atoms with Gasteiger partial charge in [0.15, 0.2) is 0 Å². The van der Waals surface area contributed by atoms with Crippen LogP contribution in [0.4, 0.5) is 0 Å². The van der Waals surface area contributed by atoms with Gasteiger partial charge < -0.3 is 9.47 Å². The van der Waals surface area contributed by atoms with Gasteiger partial charge in [-0.2, -0.15) is 0 Å². The fourth-order valence-electron chi connectivity index (χ4n) is 1.26. The van der Waals surface area contributed by atoms with E-state index in [9.17, 15) is 0 Å². The van der Waals surface area contributed by atoms with Crippen molar-refractivity contribution in [3.8, 4) is 0 Å². The second-order valence-electron chi connectivity index (χ2n) is 2.69. The van der Waals surface area contributed by atoms with E-state index < -0.39 is 5.79 Å². The molecule has 1 aromatic rings. The van der Waals surface area contributed by atoms with E-state index in [4.69, 9.17) is 21.1 Å². The summed E-state index contributed by atoms with van der Waals surface area (Å²) >= 11 is 10.7. The van der Waals surface area contributed by atoms with E-state index in [0.29, 0.717) is 18.5 Å². The van der Waals surface area contributed by atoms with Gasteiger partial charge in [0.1, 0.15) is 0 Å². The van der Waals surface area contributed by atoms with Gasteiger partial charge in [0, 0.05) is 0 Å². The van der Waals surface area contributed by atoms with Crippen LogP contribution in [0.5, 0.6) is 0 Å². The Kier molecular flexibility index (Phi) is 2.95. The summed E-state index contributed by atoms with van der Waals surface area (Å²) in [5.74, 6) is -0.599. The largest absolute Gasteiger partial charge is 0.342 e. The van der Waals surface area contributed by atoms with Crippen molar-refractivity contribution in [2.75, 3.05) is 18.5 Å². The average Bonchev–Trinajstić information content (AvgIpc) is 2.73. The van der Waals surface area contributed by atoms with Crippen molar-refractivity contribution in [3.05, 3.63) is 21.3 Å². The molecule has 0 spiro atoms. The Balaban J connectivity index is 2.30. The van der Waals surface area contributed by atoms with Crippen LogP contribution in [0, 0.1) is 0 Å². The minimum absolute atomic E-state index is 0.599. The van der Waals surface area contributed by atoms with E-state index in [1.54, 1.807) is 0 Å². The molecule has 1 aliphatic rings. The van der Waals surface area contributed by atoms with Gasteiger partial charge in [0.2, 0.25) is 5.79 Å². The van der Waals surface area contributed by atoms with Gasteiger partial charge in [-0.05, 0) is 12.1 Å². The Morgan fingerprint density at radius 3 is 2.62 bits per heavy atom. The Hall–Kier alpha value is 0.390. The van der Waals surface area contributed by atoms with E-state index >= 15 is 0 Å². The summed E-state index contributed by atoms with van der Waals surface area (Å²) in [6, 6.07) is 3.80. The zero-order chi connectivity index (χ0) is 9.31. The van der Waals surface area contributed by atoms with E-state index in [-0.39, 0.29) is 0 Å². The maximum absolute atomic E-state index is 5.85. The van der Waals surface area contributed by atoms with Crippen molar-refractivity contribution < 1.29 is 9.47 Å². The topological polar surface area (TPSA) is 18.5 Å². The molecule has 13 heavy (non-hydrogen) atoms. The Morgan fingerprint density at radius 1 is 1.46 bits per heavy atom. The molecule has 0 atom stereocenters. The van der Waals surface area contributed by atoms with Crippen molar-refractivity contribution in [2.45, 2.75) is 5.79 Å². The minimum Gasteiger partial charge on any atom is -0.342 e. The molecule has 2 rings (SSSR count). The molecule has 0 amide bonds. The number of halogens is 2. The maximum Gasteiger partial charge on any atom is 0.214 e. The monoisotopic (exact) mass is 282 g/mol. The second kappa shape index (κ2) is 3.87.